The fraction of sp³-hybridized carbons (Fsp3) is 0.167. The minimum atomic E-state index is -0.214. The van der Waals surface area contributed by atoms with E-state index in [1.807, 2.05) is 86.6 Å². The Hall–Kier alpha value is -3.60. The Kier molecular flexibility index (Phi) is 7.00. The predicted molar refractivity (Wildman–Crippen MR) is 117 cm³/mol. The average molecular weight is 388 g/mol. The van der Waals surface area contributed by atoms with E-state index in [1.165, 1.54) is 0 Å². The molecule has 0 aliphatic rings. The molecule has 0 aromatic heterocycles. The van der Waals surface area contributed by atoms with Gasteiger partial charge in [-0.3, -0.25) is 9.79 Å². The van der Waals surface area contributed by atoms with Crippen molar-refractivity contribution in [3.63, 3.8) is 0 Å². The number of anilines is 1. The molecule has 148 valence electrons. The average Bonchev–Trinajstić information content (AvgIpc) is 2.72. The van der Waals surface area contributed by atoms with Crippen LogP contribution in [-0.4, -0.2) is 25.3 Å². The van der Waals surface area contributed by atoms with Crippen molar-refractivity contribution in [1.29, 1.82) is 0 Å². The van der Waals surface area contributed by atoms with Gasteiger partial charge in [-0.2, -0.15) is 0 Å². The van der Waals surface area contributed by atoms with Gasteiger partial charge in [0.25, 0.3) is 5.91 Å². The lowest BCUT2D eigenvalue weighted by atomic mass is 10.2. The first-order chi connectivity index (χ1) is 14.1. The van der Waals surface area contributed by atoms with E-state index in [-0.39, 0.29) is 12.5 Å². The molecule has 1 N–H and O–H groups in total. The lowest BCUT2D eigenvalue weighted by molar-refractivity contribution is -0.118. The zero-order valence-electron chi connectivity index (χ0n) is 16.6. The molecule has 0 bridgehead atoms. The third kappa shape index (κ3) is 6.21. The molecule has 3 aromatic carbocycles. The molecule has 0 radical (unpaired) electrons. The van der Waals surface area contributed by atoms with Crippen LogP contribution in [0, 0.1) is 6.92 Å². The van der Waals surface area contributed by atoms with Gasteiger partial charge in [0.2, 0.25) is 0 Å². The summed E-state index contributed by atoms with van der Waals surface area (Å²) in [7, 11) is 0. The number of benzene rings is 3. The zero-order chi connectivity index (χ0) is 20.5. The topological polar surface area (TPSA) is 59.9 Å². The molecule has 3 rings (SSSR count). The number of para-hydroxylation sites is 1. The van der Waals surface area contributed by atoms with Gasteiger partial charge in [-0.25, -0.2) is 0 Å². The molecule has 0 aliphatic heterocycles. The van der Waals surface area contributed by atoms with Crippen molar-refractivity contribution in [3.8, 4) is 11.5 Å². The normalized spacial score (nSPS) is 10.7. The fourth-order valence-electron chi connectivity index (χ4n) is 2.72. The molecule has 0 fully saturated rings. The first kappa shape index (κ1) is 20.1. The molecule has 1 amide bonds. The zero-order valence-corrected chi connectivity index (χ0v) is 16.6. The maximum Gasteiger partial charge on any atom is 0.262 e. The smallest absolute Gasteiger partial charge is 0.262 e. The van der Waals surface area contributed by atoms with Crippen molar-refractivity contribution in [3.05, 3.63) is 83.9 Å². The third-order valence-electron chi connectivity index (χ3n) is 4.08. The summed E-state index contributed by atoms with van der Waals surface area (Å²) in [4.78, 5) is 16.7. The first-order valence-electron chi connectivity index (χ1n) is 9.49. The number of aliphatic imine (C=N–C) groups is 1. The van der Waals surface area contributed by atoms with E-state index in [4.69, 9.17) is 9.47 Å². The molecule has 0 aliphatic carbocycles. The number of hydrogen-bond acceptors (Lipinski definition) is 4. The number of amides is 1. The van der Waals surface area contributed by atoms with Crippen LogP contribution in [0.15, 0.2) is 77.8 Å². The number of carbonyl (C=O) groups is 1. The number of carbonyl (C=O) groups excluding carboxylic acids is 1. The summed E-state index contributed by atoms with van der Waals surface area (Å²) in [5.74, 6) is 1.20. The van der Waals surface area contributed by atoms with E-state index in [0.29, 0.717) is 12.4 Å². The van der Waals surface area contributed by atoms with E-state index >= 15 is 0 Å². The molecular weight excluding hydrogens is 364 g/mol. The van der Waals surface area contributed by atoms with Gasteiger partial charge in [0.05, 0.1) is 12.3 Å². The first-order valence-corrected chi connectivity index (χ1v) is 9.49. The molecule has 0 heterocycles. The van der Waals surface area contributed by atoms with Crippen LogP contribution in [0.1, 0.15) is 18.1 Å². The Morgan fingerprint density at radius 3 is 2.55 bits per heavy atom. The Morgan fingerprint density at radius 1 is 1.00 bits per heavy atom. The summed E-state index contributed by atoms with van der Waals surface area (Å²) in [6, 6.07) is 22.7. The van der Waals surface area contributed by atoms with Gasteiger partial charge in [-0.05, 0) is 67.9 Å². The van der Waals surface area contributed by atoms with Crippen LogP contribution in [0.4, 0.5) is 11.4 Å². The number of nitrogens with one attached hydrogen (secondary N) is 1. The van der Waals surface area contributed by atoms with Gasteiger partial charge in [0, 0.05) is 17.5 Å². The van der Waals surface area contributed by atoms with Gasteiger partial charge in [0.1, 0.15) is 11.5 Å². The van der Waals surface area contributed by atoms with Gasteiger partial charge in [-0.15, -0.1) is 0 Å². The molecule has 5 heteroatoms. The van der Waals surface area contributed by atoms with Gasteiger partial charge in [0.15, 0.2) is 6.61 Å². The second-order valence-electron chi connectivity index (χ2n) is 6.43. The number of nitrogens with zero attached hydrogens (tertiary/aromatic N) is 1. The highest BCUT2D eigenvalue weighted by atomic mass is 16.5. The predicted octanol–water partition coefficient (Wildman–Crippen LogP) is 5.16. The molecule has 0 spiro atoms. The molecule has 0 saturated carbocycles. The van der Waals surface area contributed by atoms with Crippen LogP contribution in [-0.2, 0) is 4.79 Å². The van der Waals surface area contributed by atoms with E-state index < -0.39 is 0 Å². The van der Waals surface area contributed by atoms with Crippen molar-refractivity contribution >= 4 is 23.5 Å². The lowest BCUT2D eigenvalue weighted by Crippen LogP contribution is -2.20. The summed E-state index contributed by atoms with van der Waals surface area (Å²) in [6.45, 7) is 4.48. The van der Waals surface area contributed by atoms with Crippen molar-refractivity contribution in [1.82, 2.24) is 0 Å². The summed E-state index contributed by atoms with van der Waals surface area (Å²) >= 11 is 0. The van der Waals surface area contributed by atoms with Crippen LogP contribution < -0.4 is 14.8 Å². The standard InChI is InChI=1S/C24H24N2O3/c1-3-28-22-13-11-20(12-14-22)25-16-19-8-4-5-10-23(19)29-17-24(27)26-21-9-6-7-18(2)15-21/h4-16H,3,17H2,1-2H3,(H,26,27). The second kappa shape index (κ2) is 10.1. The largest absolute Gasteiger partial charge is 0.494 e. The second-order valence-corrected chi connectivity index (χ2v) is 6.43. The number of aryl methyl sites for hydroxylation is 1. The minimum Gasteiger partial charge on any atom is -0.494 e. The highest BCUT2D eigenvalue weighted by Crippen LogP contribution is 2.20. The highest BCUT2D eigenvalue weighted by molar-refractivity contribution is 5.92. The van der Waals surface area contributed by atoms with Crippen molar-refractivity contribution in [2.45, 2.75) is 13.8 Å². The summed E-state index contributed by atoms with van der Waals surface area (Å²) < 4.78 is 11.2. The van der Waals surface area contributed by atoms with Crippen molar-refractivity contribution < 1.29 is 14.3 Å². The van der Waals surface area contributed by atoms with Gasteiger partial charge >= 0.3 is 0 Å². The Bertz CT molecular complexity index is 981. The quantitative estimate of drug-likeness (QED) is 0.542. The summed E-state index contributed by atoms with van der Waals surface area (Å²) in [5, 5.41) is 2.84. The Labute approximate surface area is 171 Å². The van der Waals surface area contributed by atoms with E-state index in [9.17, 15) is 4.79 Å². The Morgan fingerprint density at radius 2 is 1.79 bits per heavy atom. The molecule has 0 saturated heterocycles. The summed E-state index contributed by atoms with van der Waals surface area (Å²) in [5.41, 5.74) is 3.44. The van der Waals surface area contributed by atoms with Crippen LogP contribution in [0.25, 0.3) is 0 Å². The van der Waals surface area contributed by atoms with Gasteiger partial charge in [-0.1, -0.05) is 24.3 Å². The maximum atomic E-state index is 12.2. The monoisotopic (exact) mass is 388 g/mol. The highest BCUT2D eigenvalue weighted by Gasteiger charge is 2.06. The SMILES string of the molecule is CCOc1ccc(N=Cc2ccccc2OCC(=O)Nc2cccc(C)c2)cc1. The molecule has 29 heavy (non-hydrogen) atoms. The molecule has 0 unspecified atom stereocenters. The molecule has 0 atom stereocenters. The van der Waals surface area contributed by atoms with Crippen LogP contribution in [0.5, 0.6) is 11.5 Å². The number of hydrogen-bond donors (Lipinski definition) is 1. The van der Waals surface area contributed by atoms with Crippen LogP contribution in [0.2, 0.25) is 0 Å². The fourth-order valence-corrected chi connectivity index (χ4v) is 2.72. The van der Waals surface area contributed by atoms with E-state index in [1.54, 1.807) is 6.21 Å². The number of rotatable bonds is 8. The maximum absolute atomic E-state index is 12.2. The van der Waals surface area contributed by atoms with Crippen molar-refractivity contribution in [2.24, 2.45) is 4.99 Å². The number of ether oxygens (including phenoxy) is 2. The summed E-state index contributed by atoms with van der Waals surface area (Å²) in [6.07, 6.45) is 1.73. The van der Waals surface area contributed by atoms with E-state index in [2.05, 4.69) is 10.3 Å². The van der Waals surface area contributed by atoms with Crippen LogP contribution in [0.3, 0.4) is 0 Å². The lowest BCUT2D eigenvalue weighted by Gasteiger charge is -2.10. The Balaban J connectivity index is 1.61. The van der Waals surface area contributed by atoms with E-state index in [0.717, 1.165) is 28.3 Å². The van der Waals surface area contributed by atoms with Crippen molar-refractivity contribution in [2.75, 3.05) is 18.5 Å². The molecule has 3 aromatic rings. The molecular formula is C24H24N2O3. The third-order valence-corrected chi connectivity index (χ3v) is 4.08. The van der Waals surface area contributed by atoms with Crippen LogP contribution >= 0.6 is 0 Å². The minimum absolute atomic E-state index is 0.0815. The molecule has 5 nitrogen and oxygen atoms in total. The van der Waals surface area contributed by atoms with Gasteiger partial charge < -0.3 is 14.8 Å².